The van der Waals surface area contributed by atoms with Gasteiger partial charge in [0.2, 0.25) is 0 Å². The average Bonchev–Trinajstić information content (AvgIpc) is 3.12. The molecule has 1 heterocycles. The maximum absolute atomic E-state index is 13.1. The van der Waals surface area contributed by atoms with E-state index in [0.29, 0.717) is 12.6 Å². The number of aromatic nitrogens is 3. The van der Waals surface area contributed by atoms with Crippen LogP contribution in [-0.2, 0) is 13.1 Å². The molecule has 5 heteroatoms. The van der Waals surface area contributed by atoms with Crippen LogP contribution in [0.4, 0.5) is 4.39 Å². The second-order valence-electron chi connectivity index (χ2n) is 7.23. The van der Waals surface area contributed by atoms with Crippen molar-refractivity contribution in [2.45, 2.75) is 51.2 Å². The van der Waals surface area contributed by atoms with Crippen LogP contribution >= 0.6 is 0 Å². The predicted molar refractivity (Wildman–Crippen MR) is 105 cm³/mol. The molecule has 0 saturated heterocycles. The summed E-state index contributed by atoms with van der Waals surface area (Å²) in [5.74, 6) is -0.227. The molecule has 0 spiro atoms. The summed E-state index contributed by atoms with van der Waals surface area (Å²) in [5.41, 5.74) is 3.94. The minimum Gasteiger partial charge on any atom is -0.308 e. The fourth-order valence-corrected chi connectivity index (χ4v) is 3.69. The highest BCUT2D eigenvalue weighted by atomic mass is 19.1. The van der Waals surface area contributed by atoms with E-state index in [-0.39, 0.29) is 5.82 Å². The normalized spacial score (nSPS) is 15.1. The van der Waals surface area contributed by atoms with Gasteiger partial charge < -0.3 is 5.32 Å². The van der Waals surface area contributed by atoms with E-state index < -0.39 is 0 Å². The van der Waals surface area contributed by atoms with E-state index in [1.165, 1.54) is 44.2 Å². The highest BCUT2D eigenvalue weighted by Crippen LogP contribution is 2.22. The van der Waals surface area contributed by atoms with Gasteiger partial charge in [-0.2, -0.15) is 15.0 Å². The first-order chi connectivity index (χ1) is 13.3. The average molecular weight is 364 g/mol. The topological polar surface area (TPSA) is 42.7 Å². The Morgan fingerprint density at radius 3 is 2.41 bits per heavy atom. The van der Waals surface area contributed by atoms with Gasteiger partial charge in [-0.05, 0) is 30.5 Å². The number of hydrogen-bond acceptors (Lipinski definition) is 3. The number of nitrogens with one attached hydrogen (secondary N) is 1. The molecule has 1 aromatic heterocycles. The van der Waals surface area contributed by atoms with Crippen LogP contribution in [0.1, 0.15) is 43.4 Å². The molecule has 1 fully saturated rings. The van der Waals surface area contributed by atoms with Gasteiger partial charge in [-0.1, -0.05) is 61.7 Å². The second-order valence-corrected chi connectivity index (χ2v) is 7.23. The van der Waals surface area contributed by atoms with Crippen molar-refractivity contribution in [3.8, 4) is 11.3 Å². The SMILES string of the molecule is Fc1ccc(Cn2nc(CNC3CCCCC3)c(-c3ccccc3)n2)cc1. The number of rotatable bonds is 6. The molecule has 1 aliphatic carbocycles. The summed E-state index contributed by atoms with van der Waals surface area (Å²) < 4.78 is 13.1. The first kappa shape index (κ1) is 17.9. The van der Waals surface area contributed by atoms with E-state index in [1.54, 1.807) is 16.9 Å². The van der Waals surface area contributed by atoms with Crippen molar-refractivity contribution in [2.75, 3.05) is 0 Å². The van der Waals surface area contributed by atoms with Gasteiger partial charge in [-0.3, -0.25) is 0 Å². The third-order valence-corrected chi connectivity index (χ3v) is 5.17. The molecule has 4 rings (SSSR count). The van der Waals surface area contributed by atoms with Crippen molar-refractivity contribution in [1.82, 2.24) is 20.3 Å². The van der Waals surface area contributed by atoms with Crippen LogP contribution in [0, 0.1) is 5.82 Å². The lowest BCUT2D eigenvalue weighted by atomic mass is 9.95. The molecule has 1 N–H and O–H groups in total. The maximum atomic E-state index is 13.1. The van der Waals surface area contributed by atoms with E-state index in [0.717, 1.165) is 29.1 Å². The van der Waals surface area contributed by atoms with Gasteiger partial charge >= 0.3 is 0 Å². The third-order valence-electron chi connectivity index (χ3n) is 5.17. The van der Waals surface area contributed by atoms with Crippen molar-refractivity contribution < 1.29 is 4.39 Å². The van der Waals surface area contributed by atoms with Crippen LogP contribution in [0.2, 0.25) is 0 Å². The van der Waals surface area contributed by atoms with Gasteiger partial charge in [-0.25, -0.2) is 4.39 Å². The molecule has 1 aliphatic rings. The van der Waals surface area contributed by atoms with Gasteiger partial charge in [0, 0.05) is 18.2 Å². The molecule has 0 amide bonds. The molecule has 0 atom stereocenters. The Hall–Kier alpha value is -2.53. The van der Waals surface area contributed by atoms with E-state index >= 15 is 0 Å². The molecule has 3 aromatic rings. The monoisotopic (exact) mass is 364 g/mol. The zero-order chi connectivity index (χ0) is 18.5. The summed E-state index contributed by atoms with van der Waals surface area (Å²) in [7, 11) is 0. The zero-order valence-electron chi connectivity index (χ0n) is 15.4. The Kier molecular flexibility index (Phi) is 5.58. The van der Waals surface area contributed by atoms with E-state index in [4.69, 9.17) is 10.2 Å². The molecule has 0 radical (unpaired) electrons. The lowest BCUT2D eigenvalue weighted by molar-refractivity contribution is 0.370. The first-order valence-electron chi connectivity index (χ1n) is 9.75. The standard InChI is InChI=1S/C22H25FN4/c23-19-13-11-17(12-14-19)16-27-25-21(15-24-20-9-5-2-6-10-20)22(26-27)18-7-3-1-4-8-18/h1,3-4,7-8,11-14,20,24H,2,5-6,9-10,15-16H2. The van der Waals surface area contributed by atoms with Crippen LogP contribution in [-0.4, -0.2) is 21.0 Å². The van der Waals surface area contributed by atoms with Gasteiger partial charge in [0.25, 0.3) is 0 Å². The molecule has 0 bridgehead atoms. The van der Waals surface area contributed by atoms with E-state index in [9.17, 15) is 4.39 Å². The number of halogens is 1. The fraction of sp³-hybridized carbons (Fsp3) is 0.364. The molecule has 4 nitrogen and oxygen atoms in total. The molecule has 2 aromatic carbocycles. The molecule has 0 unspecified atom stereocenters. The summed E-state index contributed by atoms with van der Waals surface area (Å²) in [6.07, 6.45) is 6.44. The van der Waals surface area contributed by atoms with Crippen LogP contribution in [0.5, 0.6) is 0 Å². The van der Waals surface area contributed by atoms with Gasteiger partial charge in [-0.15, -0.1) is 0 Å². The maximum Gasteiger partial charge on any atom is 0.123 e. The summed E-state index contributed by atoms with van der Waals surface area (Å²) in [6.45, 7) is 1.25. The largest absolute Gasteiger partial charge is 0.308 e. The zero-order valence-corrected chi connectivity index (χ0v) is 15.4. The van der Waals surface area contributed by atoms with E-state index in [2.05, 4.69) is 17.4 Å². The molecule has 140 valence electrons. The number of hydrogen-bond donors (Lipinski definition) is 1. The highest BCUT2D eigenvalue weighted by molar-refractivity contribution is 5.60. The van der Waals surface area contributed by atoms with Gasteiger partial charge in [0.05, 0.1) is 6.54 Å². The molecule has 27 heavy (non-hydrogen) atoms. The van der Waals surface area contributed by atoms with Crippen molar-refractivity contribution in [1.29, 1.82) is 0 Å². The van der Waals surface area contributed by atoms with Crippen LogP contribution in [0.25, 0.3) is 11.3 Å². The Balaban J connectivity index is 1.55. The highest BCUT2D eigenvalue weighted by Gasteiger charge is 2.17. The quantitative estimate of drug-likeness (QED) is 0.697. The summed E-state index contributed by atoms with van der Waals surface area (Å²) in [4.78, 5) is 1.72. The van der Waals surface area contributed by atoms with Crippen LogP contribution < -0.4 is 5.32 Å². The molecular formula is C22H25FN4. The predicted octanol–water partition coefficient (Wildman–Crippen LogP) is 4.55. The second kappa shape index (κ2) is 8.44. The van der Waals surface area contributed by atoms with Crippen molar-refractivity contribution in [3.05, 3.63) is 71.7 Å². The Morgan fingerprint density at radius 1 is 0.926 bits per heavy atom. The Labute approximate surface area is 159 Å². The summed E-state index contributed by atoms with van der Waals surface area (Å²) in [5, 5.41) is 13.1. The van der Waals surface area contributed by atoms with E-state index in [1.807, 2.05) is 18.2 Å². The van der Waals surface area contributed by atoms with Crippen molar-refractivity contribution >= 4 is 0 Å². The Morgan fingerprint density at radius 2 is 1.67 bits per heavy atom. The van der Waals surface area contributed by atoms with Crippen molar-refractivity contribution in [2.24, 2.45) is 0 Å². The lowest BCUT2D eigenvalue weighted by Crippen LogP contribution is -2.30. The molecular weight excluding hydrogens is 339 g/mol. The minimum absolute atomic E-state index is 0.227. The first-order valence-corrected chi connectivity index (χ1v) is 9.75. The van der Waals surface area contributed by atoms with Gasteiger partial charge in [0.1, 0.15) is 17.2 Å². The summed E-state index contributed by atoms with van der Waals surface area (Å²) in [6, 6.07) is 17.3. The molecule has 1 saturated carbocycles. The smallest absolute Gasteiger partial charge is 0.123 e. The number of nitrogens with zero attached hydrogens (tertiary/aromatic N) is 3. The van der Waals surface area contributed by atoms with Crippen molar-refractivity contribution in [3.63, 3.8) is 0 Å². The van der Waals surface area contributed by atoms with Crippen LogP contribution in [0.3, 0.4) is 0 Å². The Bertz CT molecular complexity index is 852. The third kappa shape index (κ3) is 4.61. The minimum atomic E-state index is -0.227. The molecule has 0 aliphatic heterocycles. The summed E-state index contributed by atoms with van der Waals surface area (Å²) >= 11 is 0. The van der Waals surface area contributed by atoms with Crippen LogP contribution in [0.15, 0.2) is 54.6 Å². The lowest BCUT2D eigenvalue weighted by Gasteiger charge is -2.22. The fourth-order valence-electron chi connectivity index (χ4n) is 3.69. The number of benzene rings is 2. The van der Waals surface area contributed by atoms with Gasteiger partial charge in [0.15, 0.2) is 0 Å².